The van der Waals surface area contributed by atoms with Gasteiger partial charge in [-0.3, -0.25) is 4.79 Å². The lowest BCUT2D eigenvalue weighted by Gasteiger charge is -2.41. The van der Waals surface area contributed by atoms with Gasteiger partial charge in [0, 0.05) is 17.4 Å². The Morgan fingerprint density at radius 2 is 0.980 bits per heavy atom. The van der Waals surface area contributed by atoms with E-state index in [4.69, 9.17) is 0 Å². The van der Waals surface area contributed by atoms with Gasteiger partial charge in [0.25, 0.3) is 0 Å². The molecule has 4 aromatic rings. The van der Waals surface area contributed by atoms with Crippen molar-refractivity contribution < 1.29 is 83.8 Å². The Kier molecular flexibility index (Phi) is 9.10. The highest BCUT2D eigenvalue weighted by Crippen LogP contribution is 2.63. The third kappa shape index (κ3) is 5.63. The first-order valence-corrected chi connectivity index (χ1v) is 13.3. The van der Waals surface area contributed by atoms with E-state index in [2.05, 4.69) is 0 Å². The molecule has 0 radical (unpaired) electrons. The van der Waals surface area contributed by atoms with Gasteiger partial charge in [0.1, 0.15) is 0 Å². The van der Waals surface area contributed by atoms with Crippen LogP contribution in [0.15, 0.2) is 78.9 Å². The predicted molar refractivity (Wildman–Crippen MR) is 138 cm³/mol. The molecule has 3 aromatic carbocycles. The van der Waals surface area contributed by atoms with Crippen LogP contribution in [0.4, 0.5) is 79.0 Å². The molecular weight excluding hydrogens is 732 g/mol. The van der Waals surface area contributed by atoms with E-state index in [0.29, 0.717) is 12.1 Å². The van der Waals surface area contributed by atoms with Crippen molar-refractivity contribution in [1.29, 1.82) is 0 Å². The number of para-hydroxylation sites is 1. The number of alkyl halides is 18. The van der Waals surface area contributed by atoms with Gasteiger partial charge in [0.2, 0.25) is 5.78 Å². The van der Waals surface area contributed by atoms with Crippen LogP contribution in [0.25, 0.3) is 22.2 Å². The van der Waals surface area contributed by atoms with Crippen molar-refractivity contribution in [3.05, 3.63) is 95.6 Å². The molecule has 0 aliphatic carbocycles. The Bertz CT molecular complexity index is 1870. The second-order valence-corrected chi connectivity index (χ2v) is 10.7. The number of Topliss-reactive ketones (excluding diaryl/α,β-unsaturated/α-hetero) is 1. The van der Waals surface area contributed by atoms with Crippen molar-refractivity contribution in [3.8, 4) is 11.3 Å². The first-order valence-electron chi connectivity index (χ1n) is 13.3. The average Bonchev–Trinajstić information content (AvgIpc) is 3.33. The molecule has 0 unspecified atom stereocenters. The average molecular weight is 747 g/mol. The van der Waals surface area contributed by atoms with E-state index >= 15 is 8.78 Å². The Morgan fingerprint density at radius 3 is 1.48 bits per heavy atom. The smallest absolute Gasteiger partial charge is 0.335 e. The molecule has 20 heteroatoms. The van der Waals surface area contributed by atoms with Gasteiger partial charge in [0.05, 0.1) is 16.8 Å². The van der Waals surface area contributed by atoms with Gasteiger partial charge in [-0.25, -0.2) is 0 Å². The lowest BCUT2D eigenvalue weighted by atomic mass is 9.87. The van der Waals surface area contributed by atoms with Gasteiger partial charge in [-0.2, -0.15) is 79.0 Å². The third-order valence-electron chi connectivity index (χ3n) is 7.48. The number of halogens is 18. The molecule has 2 nitrogen and oxygen atoms in total. The number of fused-ring (bicyclic) bond motifs is 1. The summed E-state index contributed by atoms with van der Waals surface area (Å²) < 4.78 is 249. The van der Waals surface area contributed by atoms with E-state index in [-0.39, 0.29) is 16.6 Å². The maximum atomic E-state index is 15.4. The topological polar surface area (TPSA) is 22.0 Å². The highest BCUT2D eigenvalue weighted by atomic mass is 19.4. The summed E-state index contributed by atoms with van der Waals surface area (Å²) in [5, 5.41) is -0.817. The molecule has 0 bridgehead atoms. The number of hydrogen-bond donors (Lipinski definition) is 0. The fourth-order valence-corrected chi connectivity index (χ4v) is 4.84. The number of nitrogens with zero attached hydrogens (tertiary/aromatic N) is 1. The lowest BCUT2D eigenvalue weighted by molar-refractivity contribution is -0.449. The maximum Gasteiger partial charge on any atom is 0.460 e. The zero-order chi connectivity index (χ0) is 38.1. The molecule has 0 aliphatic heterocycles. The Hall–Kier alpha value is -4.39. The molecular formula is C30H15F18NO. The highest BCUT2D eigenvalue weighted by Gasteiger charge is 2.94. The summed E-state index contributed by atoms with van der Waals surface area (Å²) in [5.41, 5.74) is -4.54. The number of ketones is 1. The van der Waals surface area contributed by atoms with E-state index in [1.54, 1.807) is 0 Å². The van der Waals surface area contributed by atoms with Gasteiger partial charge >= 0.3 is 47.9 Å². The quantitative estimate of drug-likeness (QED) is 0.117. The van der Waals surface area contributed by atoms with Crippen LogP contribution in [0, 0.1) is 0 Å². The monoisotopic (exact) mass is 747 g/mol. The van der Waals surface area contributed by atoms with Crippen LogP contribution in [0.1, 0.15) is 21.5 Å². The van der Waals surface area contributed by atoms with Crippen molar-refractivity contribution in [2.75, 3.05) is 0 Å². The van der Waals surface area contributed by atoms with E-state index in [1.807, 2.05) is 0 Å². The van der Waals surface area contributed by atoms with Gasteiger partial charge in [0.15, 0.2) is 0 Å². The summed E-state index contributed by atoms with van der Waals surface area (Å²) in [4.78, 5) is 13.3. The number of hydrogen-bond acceptors (Lipinski definition) is 1. The SMILES string of the molecule is O=C(c1c(-c2ccccc2)n(Cc2ccc(C(F)(F)F)cc2)c2ccccc12)C(F)(F)C(F)(F)C(F)(F)C(F)(F)C(F)(F)C(F)(F)C(F)(F)F. The summed E-state index contributed by atoms with van der Waals surface area (Å²) in [6, 6.07) is 12.4. The van der Waals surface area contributed by atoms with Gasteiger partial charge in [-0.1, -0.05) is 60.7 Å². The fourth-order valence-electron chi connectivity index (χ4n) is 4.84. The number of carbonyl (C=O) groups is 1. The molecule has 0 N–H and O–H groups in total. The lowest BCUT2D eigenvalue weighted by Crippen LogP contribution is -2.73. The normalized spacial score (nSPS) is 14.4. The molecule has 50 heavy (non-hydrogen) atoms. The predicted octanol–water partition coefficient (Wildman–Crippen LogP) is 10.9. The molecule has 272 valence electrons. The highest BCUT2D eigenvalue weighted by molar-refractivity contribution is 6.16. The molecule has 0 fully saturated rings. The summed E-state index contributed by atoms with van der Waals surface area (Å²) in [6.45, 7) is -0.675. The molecule has 0 saturated carbocycles. The summed E-state index contributed by atoms with van der Waals surface area (Å²) >= 11 is 0. The molecule has 0 saturated heterocycles. The van der Waals surface area contributed by atoms with Gasteiger partial charge in [-0.15, -0.1) is 0 Å². The second kappa shape index (κ2) is 11.9. The van der Waals surface area contributed by atoms with E-state index in [0.717, 1.165) is 65.2 Å². The molecule has 1 aromatic heterocycles. The fraction of sp³-hybridized carbons (Fsp3) is 0.300. The number of rotatable bonds is 10. The Morgan fingerprint density at radius 1 is 0.520 bits per heavy atom. The number of carbonyl (C=O) groups excluding carboxylic acids is 1. The summed E-state index contributed by atoms with van der Waals surface area (Å²) in [7, 11) is 0. The van der Waals surface area contributed by atoms with Crippen LogP contribution in [0.2, 0.25) is 0 Å². The summed E-state index contributed by atoms with van der Waals surface area (Å²) in [5.74, 6) is -52.6. The van der Waals surface area contributed by atoms with Gasteiger partial charge in [-0.05, 0) is 29.3 Å². The molecule has 1 heterocycles. The Labute approximate surface area is 266 Å². The second-order valence-electron chi connectivity index (χ2n) is 10.7. The van der Waals surface area contributed by atoms with Crippen molar-refractivity contribution in [1.82, 2.24) is 4.57 Å². The molecule has 0 atom stereocenters. The van der Waals surface area contributed by atoms with Crippen LogP contribution in [-0.4, -0.2) is 52.1 Å². The van der Waals surface area contributed by atoms with E-state index < -0.39 is 82.4 Å². The van der Waals surface area contributed by atoms with Crippen molar-refractivity contribution in [3.63, 3.8) is 0 Å². The standard InChI is InChI=1S/C30H15F18NO/c31-23(32,25(36,37)26(38,39)27(40,41)28(42,43)29(44,45)30(46,47)48)22(50)20-18-8-4-5-9-19(18)49(21(20)16-6-2-1-3-7-16)14-15-10-12-17(13-11-15)24(33,34)35/h1-13H,14H2. The maximum absolute atomic E-state index is 15.4. The van der Waals surface area contributed by atoms with Crippen LogP contribution in [0.3, 0.4) is 0 Å². The van der Waals surface area contributed by atoms with Gasteiger partial charge < -0.3 is 4.57 Å². The zero-order valence-electron chi connectivity index (χ0n) is 23.9. The third-order valence-corrected chi connectivity index (χ3v) is 7.48. The minimum Gasteiger partial charge on any atom is -0.335 e. The van der Waals surface area contributed by atoms with Crippen LogP contribution in [0.5, 0.6) is 0 Å². The molecule has 0 spiro atoms. The number of aromatic nitrogens is 1. The first kappa shape index (κ1) is 38.4. The number of benzene rings is 3. The molecule has 4 rings (SSSR count). The van der Waals surface area contributed by atoms with Crippen molar-refractivity contribution >= 4 is 16.7 Å². The van der Waals surface area contributed by atoms with Crippen LogP contribution < -0.4 is 0 Å². The summed E-state index contributed by atoms with van der Waals surface area (Å²) in [6.07, 6.45) is -12.6. The Balaban J connectivity index is 1.95. The van der Waals surface area contributed by atoms with E-state index in [1.165, 1.54) is 6.07 Å². The minimum atomic E-state index is -8.59. The van der Waals surface area contributed by atoms with Crippen molar-refractivity contribution in [2.24, 2.45) is 0 Å². The molecule has 0 amide bonds. The van der Waals surface area contributed by atoms with Crippen LogP contribution >= 0.6 is 0 Å². The van der Waals surface area contributed by atoms with Crippen molar-refractivity contribution in [2.45, 2.75) is 54.4 Å². The van der Waals surface area contributed by atoms with Crippen LogP contribution in [-0.2, 0) is 12.7 Å². The minimum absolute atomic E-state index is 0.0778. The largest absolute Gasteiger partial charge is 0.460 e. The molecule has 0 aliphatic rings. The van der Waals surface area contributed by atoms with E-state index in [9.17, 15) is 75.0 Å². The zero-order valence-corrected chi connectivity index (χ0v) is 23.9. The first-order chi connectivity index (χ1) is 22.6.